The fourth-order valence-electron chi connectivity index (χ4n) is 2.13. The van der Waals surface area contributed by atoms with Crippen LogP contribution >= 0.6 is 11.6 Å². The maximum Gasteiger partial charge on any atom is 0.128 e. The molecule has 0 radical (unpaired) electrons. The third-order valence-electron chi connectivity index (χ3n) is 3.02. The normalized spacial score (nSPS) is 19.5. The van der Waals surface area contributed by atoms with Gasteiger partial charge in [0, 0.05) is 11.1 Å². The van der Waals surface area contributed by atoms with E-state index in [1.54, 1.807) is 6.07 Å². The van der Waals surface area contributed by atoms with Crippen LogP contribution in [-0.4, -0.2) is 19.7 Å². The smallest absolute Gasteiger partial charge is 0.128 e. The van der Waals surface area contributed by atoms with Gasteiger partial charge in [0.15, 0.2) is 0 Å². The van der Waals surface area contributed by atoms with E-state index in [0.717, 1.165) is 31.8 Å². The topological polar surface area (TPSA) is 21.3 Å². The zero-order valence-corrected chi connectivity index (χ0v) is 10.5. The first-order valence-electron chi connectivity index (χ1n) is 6.03. The van der Waals surface area contributed by atoms with Gasteiger partial charge in [-0.3, -0.25) is 0 Å². The van der Waals surface area contributed by atoms with Crippen LogP contribution in [0.25, 0.3) is 0 Å². The Balaban J connectivity index is 1.70. The Bertz CT molecular complexity index is 346. The van der Waals surface area contributed by atoms with Crippen LogP contribution in [0.1, 0.15) is 19.3 Å². The van der Waals surface area contributed by atoms with E-state index in [1.165, 1.54) is 18.6 Å². The molecule has 2 nitrogen and oxygen atoms in total. The molecule has 1 atom stereocenters. The zero-order valence-electron chi connectivity index (χ0n) is 9.72. The monoisotopic (exact) mass is 257 g/mol. The van der Waals surface area contributed by atoms with Gasteiger partial charge >= 0.3 is 0 Å². The maximum absolute atomic E-state index is 13.0. The first kappa shape index (κ1) is 12.7. The minimum absolute atomic E-state index is 0.354. The van der Waals surface area contributed by atoms with Crippen molar-refractivity contribution in [2.75, 3.05) is 19.7 Å². The molecule has 1 aromatic carbocycles. The quantitative estimate of drug-likeness (QED) is 0.818. The van der Waals surface area contributed by atoms with E-state index >= 15 is 0 Å². The molecule has 1 fully saturated rings. The van der Waals surface area contributed by atoms with Crippen molar-refractivity contribution >= 4 is 11.6 Å². The summed E-state index contributed by atoms with van der Waals surface area (Å²) in [4.78, 5) is 0. The second kappa shape index (κ2) is 6.22. The van der Waals surface area contributed by atoms with E-state index in [9.17, 15) is 4.39 Å². The molecule has 0 aliphatic carbocycles. The van der Waals surface area contributed by atoms with Crippen molar-refractivity contribution < 1.29 is 9.13 Å². The second-order valence-corrected chi connectivity index (χ2v) is 4.89. The van der Waals surface area contributed by atoms with Crippen molar-refractivity contribution in [3.63, 3.8) is 0 Å². The molecule has 1 N–H and O–H groups in total. The number of hydrogen-bond donors (Lipinski definition) is 1. The predicted molar refractivity (Wildman–Crippen MR) is 67.1 cm³/mol. The van der Waals surface area contributed by atoms with Crippen LogP contribution in [0.15, 0.2) is 18.2 Å². The van der Waals surface area contributed by atoms with Crippen LogP contribution in [0.2, 0.25) is 5.02 Å². The van der Waals surface area contributed by atoms with Crippen molar-refractivity contribution in [2.45, 2.75) is 19.3 Å². The van der Waals surface area contributed by atoms with Gasteiger partial charge in [-0.1, -0.05) is 11.6 Å². The van der Waals surface area contributed by atoms with Crippen LogP contribution in [0.4, 0.5) is 4.39 Å². The molecule has 4 heteroatoms. The Morgan fingerprint density at radius 3 is 3.00 bits per heavy atom. The third-order valence-corrected chi connectivity index (χ3v) is 3.24. The molecule has 0 saturated carbocycles. The Hall–Kier alpha value is -0.800. The summed E-state index contributed by atoms with van der Waals surface area (Å²) in [5.41, 5.74) is 0. The summed E-state index contributed by atoms with van der Waals surface area (Å²) in [5, 5.41) is 3.71. The lowest BCUT2D eigenvalue weighted by Crippen LogP contribution is -2.10. The molecule has 1 heterocycles. The lowest BCUT2D eigenvalue weighted by molar-refractivity contribution is 0.293. The molecule has 17 heavy (non-hydrogen) atoms. The zero-order chi connectivity index (χ0) is 12.1. The van der Waals surface area contributed by atoms with E-state index in [1.807, 2.05) is 0 Å². The Kier molecular flexibility index (Phi) is 4.63. The summed E-state index contributed by atoms with van der Waals surface area (Å²) in [5.74, 6) is 0.932. The highest BCUT2D eigenvalue weighted by Crippen LogP contribution is 2.21. The molecule has 1 aliphatic heterocycles. The van der Waals surface area contributed by atoms with Gasteiger partial charge in [-0.15, -0.1) is 0 Å². The average molecular weight is 258 g/mol. The van der Waals surface area contributed by atoms with E-state index in [0.29, 0.717) is 17.4 Å². The summed E-state index contributed by atoms with van der Waals surface area (Å²) in [6.45, 7) is 2.87. The third kappa shape index (κ3) is 4.17. The van der Waals surface area contributed by atoms with Crippen molar-refractivity contribution in [3.8, 4) is 5.75 Å². The van der Waals surface area contributed by atoms with Crippen LogP contribution in [0, 0.1) is 11.7 Å². The number of hydrogen-bond acceptors (Lipinski definition) is 2. The fourth-order valence-corrected chi connectivity index (χ4v) is 2.35. The van der Waals surface area contributed by atoms with Crippen molar-refractivity contribution in [3.05, 3.63) is 29.0 Å². The van der Waals surface area contributed by atoms with Crippen molar-refractivity contribution in [1.29, 1.82) is 0 Å². The molecule has 1 aliphatic rings. The second-order valence-electron chi connectivity index (χ2n) is 4.45. The van der Waals surface area contributed by atoms with E-state index < -0.39 is 0 Å². The molecule has 1 unspecified atom stereocenters. The van der Waals surface area contributed by atoms with Crippen LogP contribution < -0.4 is 10.1 Å². The largest absolute Gasteiger partial charge is 0.493 e. The molecular formula is C13H17ClFNO. The Labute approximate surface area is 106 Å². The number of nitrogens with one attached hydrogen (secondary N) is 1. The molecule has 0 amide bonds. The van der Waals surface area contributed by atoms with Crippen LogP contribution in [0.3, 0.4) is 0 Å². The van der Waals surface area contributed by atoms with Gasteiger partial charge in [-0.25, -0.2) is 4.39 Å². The minimum Gasteiger partial charge on any atom is -0.493 e. The highest BCUT2D eigenvalue weighted by Gasteiger charge is 2.13. The maximum atomic E-state index is 13.0. The fraction of sp³-hybridized carbons (Fsp3) is 0.538. The molecule has 0 spiro atoms. The van der Waals surface area contributed by atoms with Crippen molar-refractivity contribution in [2.24, 2.45) is 5.92 Å². The van der Waals surface area contributed by atoms with Gasteiger partial charge < -0.3 is 10.1 Å². The van der Waals surface area contributed by atoms with Gasteiger partial charge in [0.05, 0.1) is 6.61 Å². The Morgan fingerprint density at radius 1 is 1.41 bits per heavy atom. The SMILES string of the molecule is Fc1cc(Cl)cc(OCCCC2CCNC2)c1. The molecule has 0 aromatic heterocycles. The van der Waals surface area contributed by atoms with E-state index in [4.69, 9.17) is 16.3 Å². The number of benzene rings is 1. The van der Waals surface area contributed by atoms with Gasteiger partial charge in [0.2, 0.25) is 0 Å². The number of rotatable bonds is 5. The summed E-state index contributed by atoms with van der Waals surface area (Å²) in [7, 11) is 0. The summed E-state index contributed by atoms with van der Waals surface area (Å²) in [6, 6.07) is 4.28. The summed E-state index contributed by atoms with van der Waals surface area (Å²) in [6.07, 6.45) is 3.42. The summed E-state index contributed by atoms with van der Waals surface area (Å²) >= 11 is 5.74. The van der Waals surface area contributed by atoms with Gasteiger partial charge in [-0.2, -0.15) is 0 Å². The number of ether oxygens (including phenoxy) is 1. The highest BCUT2D eigenvalue weighted by molar-refractivity contribution is 6.30. The lowest BCUT2D eigenvalue weighted by Gasteiger charge is -2.09. The van der Waals surface area contributed by atoms with E-state index in [2.05, 4.69) is 5.32 Å². The van der Waals surface area contributed by atoms with E-state index in [-0.39, 0.29) is 5.82 Å². The molecule has 2 rings (SSSR count). The molecule has 94 valence electrons. The average Bonchev–Trinajstić information content (AvgIpc) is 2.76. The standard InChI is InChI=1S/C13H17ClFNO/c14-11-6-12(15)8-13(7-11)17-5-1-2-10-3-4-16-9-10/h6-8,10,16H,1-5,9H2. The molecule has 1 saturated heterocycles. The molecule has 0 bridgehead atoms. The van der Waals surface area contributed by atoms with Crippen LogP contribution in [-0.2, 0) is 0 Å². The first-order chi connectivity index (χ1) is 8.24. The van der Waals surface area contributed by atoms with Crippen molar-refractivity contribution in [1.82, 2.24) is 5.32 Å². The highest BCUT2D eigenvalue weighted by atomic mass is 35.5. The van der Waals surface area contributed by atoms with Crippen LogP contribution in [0.5, 0.6) is 5.75 Å². The van der Waals surface area contributed by atoms with Gasteiger partial charge in [-0.05, 0) is 50.4 Å². The molecule has 1 aromatic rings. The minimum atomic E-state index is -0.354. The lowest BCUT2D eigenvalue weighted by atomic mass is 10.0. The van der Waals surface area contributed by atoms with Gasteiger partial charge in [0.1, 0.15) is 11.6 Å². The summed E-state index contributed by atoms with van der Waals surface area (Å²) < 4.78 is 18.5. The first-order valence-corrected chi connectivity index (χ1v) is 6.41. The number of halogens is 2. The van der Waals surface area contributed by atoms with Gasteiger partial charge in [0.25, 0.3) is 0 Å². The Morgan fingerprint density at radius 2 is 2.29 bits per heavy atom. The molecular weight excluding hydrogens is 241 g/mol. The predicted octanol–water partition coefficient (Wildman–Crippen LogP) is 3.25.